The molecule has 14 heteroatoms. The number of unbranched alkanes of at least 4 members (excludes halogenated alkanes) is 18. The Morgan fingerprint density at radius 3 is 1.02 bits per heavy atom. The van der Waals surface area contributed by atoms with Crippen LogP contribution in [0.25, 0.3) is 0 Å². The molecule has 1 aromatic carbocycles. The lowest BCUT2D eigenvalue weighted by molar-refractivity contribution is -0.168. The van der Waals surface area contributed by atoms with Crippen LogP contribution in [0.4, 0.5) is 0 Å². The van der Waals surface area contributed by atoms with Gasteiger partial charge in [-0.25, -0.2) is 19.2 Å². The van der Waals surface area contributed by atoms with Crippen LogP contribution in [-0.4, -0.2) is 83.7 Å². The Hall–Kier alpha value is -4.04. The summed E-state index contributed by atoms with van der Waals surface area (Å²) in [6.45, 7) is 5.43. The van der Waals surface area contributed by atoms with Crippen molar-refractivity contribution in [3.8, 4) is 0 Å². The van der Waals surface area contributed by atoms with Crippen molar-refractivity contribution in [2.45, 2.75) is 219 Å². The minimum atomic E-state index is -1.38. The molecule has 0 aliphatic carbocycles. The number of carbonyl (C=O) groups excluding carboxylic acids is 6. The van der Waals surface area contributed by atoms with Crippen molar-refractivity contribution in [2.75, 3.05) is 13.2 Å². The Bertz CT molecular complexity index is 1270. The molecule has 0 heterocycles. The topological polar surface area (TPSA) is 198 Å². The van der Waals surface area contributed by atoms with E-state index in [2.05, 4.69) is 13.8 Å². The van der Waals surface area contributed by atoms with Gasteiger partial charge in [-0.2, -0.15) is 0 Å². The van der Waals surface area contributed by atoms with Crippen molar-refractivity contribution in [1.82, 2.24) is 0 Å². The molecule has 0 fully saturated rings. The first-order valence-corrected chi connectivity index (χ1v) is 23.3. The second-order valence-electron chi connectivity index (χ2n) is 16.3. The van der Waals surface area contributed by atoms with Crippen molar-refractivity contribution >= 4 is 35.8 Å². The molecular weight excluding hydrogens is 801 g/mol. The summed E-state index contributed by atoms with van der Waals surface area (Å²) >= 11 is 0. The molecule has 1 aromatic rings. The summed E-state index contributed by atoms with van der Waals surface area (Å²) in [4.78, 5) is 73.7. The van der Waals surface area contributed by atoms with Crippen LogP contribution in [0.15, 0.2) is 24.3 Å². The van der Waals surface area contributed by atoms with E-state index in [1.54, 1.807) is 24.3 Å². The first-order chi connectivity index (χ1) is 29.8. The van der Waals surface area contributed by atoms with Gasteiger partial charge in [-0.15, -0.1) is 0 Å². The molecule has 0 saturated carbocycles. The molecule has 14 nitrogen and oxygen atoms in total. The van der Waals surface area contributed by atoms with E-state index in [1.165, 1.54) is 90.9 Å². The van der Waals surface area contributed by atoms with Gasteiger partial charge in [-0.3, -0.25) is 9.59 Å². The fraction of sp³-hybridized carbons (Fsp3) is 0.750. The van der Waals surface area contributed by atoms with E-state index in [-0.39, 0.29) is 26.1 Å². The Morgan fingerprint density at radius 1 is 0.435 bits per heavy atom. The predicted molar refractivity (Wildman–Crippen MR) is 233 cm³/mol. The van der Waals surface area contributed by atoms with Crippen molar-refractivity contribution in [3.05, 3.63) is 35.4 Å². The minimum Gasteiger partial charge on any atom is -0.461 e. The van der Waals surface area contributed by atoms with E-state index in [0.29, 0.717) is 24.0 Å². The number of ether oxygens (including phenoxy) is 6. The van der Waals surface area contributed by atoms with Crippen LogP contribution in [0.5, 0.6) is 0 Å². The standard InChI is InChI=1S/C48H78O14/c1-5-7-9-11-13-15-17-19-21-23-25-41(61-45(53)35-59-47(55)37(3)49)31-43(51)57-33-39-27-29-40(30-28-39)34-58-44(52)32-42(62-46(54)36-60-48(56)38(4)50)26-24-22-20-18-16-14-12-10-8-6-2/h27-30,37-38,41-42,49-50H,5-26,31-36H2,1-4H3. The molecule has 0 spiro atoms. The zero-order valence-corrected chi connectivity index (χ0v) is 38.2. The third-order valence-corrected chi connectivity index (χ3v) is 10.3. The Kier molecular flexibility index (Phi) is 32.9. The smallest absolute Gasteiger partial charge is 0.344 e. The highest BCUT2D eigenvalue weighted by Crippen LogP contribution is 2.18. The molecular formula is C48H78O14. The van der Waals surface area contributed by atoms with Crippen LogP contribution < -0.4 is 0 Å². The maximum atomic E-state index is 12.9. The van der Waals surface area contributed by atoms with Gasteiger partial charge in [0, 0.05) is 0 Å². The number of hydrogen-bond acceptors (Lipinski definition) is 14. The van der Waals surface area contributed by atoms with Gasteiger partial charge in [0.2, 0.25) is 0 Å². The summed E-state index contributed by atoms with van der Waals surface area (Å²) in [6.07, 6.45) is 18.8. The summed E-state index contributed by atoms with van der Waals surface area (Å²) < 4.78 is 31.5. The fourth-order valence-electron chi connectivity index (χ4n) is 6.61. The Balaban J connectivity index is 2.63. The molecule has 62 heavy (non-hydrogen) atoms. The van der Waals surface area contributed by atoms with E-state index < -0.39 is 73.4 Å². The number of rotatable bonds is 38. The van der Waals surface area contributed by atoms with E-state index in [4.69, 9.17) is 28.4 Å². The van der Waals surface area contributed by atoms with Gasteiger partial charge in [-0.1, -0.05) is 154 Å². The lowest BCUT2D eigenvalue weighted by Crippen LogP contribution is -2.28. The zero-order chi connectivity index (χ0) is 45.8. The van der Waals surface area contributed by atoms with Crippen LogP contribution in [0, 0.1) is 0 Å². The van der Waals surface area contributed by atoms with Crippen molar-refractivity contribution < 1.29 is 67.4 Å². The summed E-state index contributed by atoms with van der Waals surface area (Å²) in [5.41, 5.74) is 1.36. The molecule has 1 rings (SSSR count). The maximum absolute atomic E-state index is 12.9. The zero-order valence-electron chi connectivity index (χ0n) is 38.2. The van der Waals surface area contributed by atoms with Gasteiger partial charge < -0.3 is 38.6 Å². The first-order valence-electron chi connectivity index (χ1n) is 23.3. The quantitative estimate of drug-likeness (QED) is 0.0363. The number of hydrogen-bond donors (Lipinski definition) is 2. The molecule has 0 saturated heterocycles. The highest BCUT2D eigenvalue weighted by molar-refractivity contribution is 5.79. The third-order valence-electron chi connectivity index (χ3n) is 10.3. The van der Waals surface area contributed by atoms with Gasteiger partial charge in [0.1, 0.15) is 37.6 Å². The number of aliphatic hydroxyl groups is 2. The number of esters is 6. The average molecular weight is 879 g/mol. The van der Waals surface area contributed by atoms with E-state index in [0.717, 1.165) is 51.4 Å². The molecule has 2 N–H and O–H groups in total. The lowest BCUT2D eigenvalue weighted by atomic mass is 10.0. The van der Waals surface area contributed by atoms with Crippen LogP contribution in [0.3, 0.4) is 0 Å². The van der Waals surface area contributed by atoms with Crippen molar-refractivity contribution in [1.29, 1.82) is 0 Å². The van der Waals surface area contributed by atoms with Gasteiger partial charge >= 0.3 is 35.8 Å². The molecule has 0 amide bonds. The summed E-state index contributed by atoms with van der Waals surface area (Å²) in [5.74, 6) is -4.67. The molecule has 0 aromatic heterocycles. The summed E-state index contributed by atoms with van der Waals surface area (Å²) in [5, 5.41) is 18.7. The SMILES string of the molecule is CCCCCCCCCCCCC(CC(=O)OCc1ccc(COC(=O)CC(CCCCCCCCCCCC)OC(=O)COC(=O)C(C)O)cc1)OC(=O)COC(=O)C(C)O. The maximum Gasteiger partial charge on any atom is 0.344 e. The number of benzene rings is 1. The largest absolute Gasteiger partial charge is 0.461 e. The molecule has 0 bridgehead atoms. The molecule has 0 radical (unpaired) electrons. The highest BCUT2D eigenvalue weighted by Gasteiger charge is 2.23. The third kappa shape index (κ3) is 30.9. The van der Waals surface area contributed by atoms with E-state index in [9.17, 15) is 39.0 Å². The number of carbonyl (C=O) groups is 6. The fourth-order valence-corrected chi connectivity index (χ4v) is 6.61. The Morgan fingerprint density at radius 2 is 0.726 bits per heavy atom. The van der Waals surface area contributed by atoms with Gasteiger partial charge in [0.25, 0.3) is 0 Å². The summed E-state index contributed by atoms with van der Waals surface area (Å²) in [7, 11) is 0. The lowest BCUT2D eigenvalue weighted by Gasteiger charge is -2.18. The molecule has 4 unspecified atom stereocenters. The van der Waals surface area contributed by atoms with Gasteiger partial charge in [-0.05, 0) is 50.7 Å². The molecule has 4 atom stereocenters. The normalized spacial score (nSPS) is 13.0. The van der Waals surface area contributed by atoms with Gasteiger partial charge in [0.05, 0.1) is 12.8 Å². The molecule has 0 aliphatic heterocycles. The number of aliphatic hydroxyl groups excluding tert-OH is 2. The second-order valence-corrected chi connectivity index (χ2v) is 16.3. The Labute approximate surface area is 370 Å². The minimum absolute atomic E-state index is 0.0393. The van der Waals surface area contributed by atoms with Crippen LogP contribution in [-0.2, 0) is 70.4 Å². The van der Waals surface area contributed by atoms with Crippen LogP contribution in [0.1, 0.15) is 193 Å². The highest BCUT2D eigenvalue weighted by atomic mass is 16.6. The van der Waals surface area contributed by atoms with E-state index in [1.807, 2.05) is 0 Å². The van der Waals surface area contributed by atoms with E-state index >= 15 is 0 Å². The van der Waals surface area contributed by atoms with Crippen molar-refractivity contribution in [2.24, 2.45) is 0 Å². The van der Waals surface area contributed by atoms with Crippen LogP contribution >= 0.6 is 0 Å². The van der Waals surface area contributed by atoms with Crippen LogP contribution in [0.2, 0.25) is 0 Å². The predicted octanol–water partition coefficient (Wildman–Crippen LogP) is 8.85. The van der Waals surface area contributed by atoms with Crippen molar-refractivity contribution in [3.63, 3.8) is 0 Å². The molecule has 0 aliphatic rings. The monoisotopic (exact) mass is 879 g/mol. The second kappa shape index (κ2) is 36.4. The summed E-state index contributed by atoms with van der Waals surface area (Å²) in [6, 6.07) is 6.94. The molecule has 354 valence electrons. The average Bonchev–Trinajstić information content (AvgIpc) is 3.24. The van der Waals surface area contributed by atoms with Gasteiger partial charge in [0.15, 0.2) is 13.2 Å². The first kappa shape index (κ1) is 56.0.